The third-order valence-electron chi connectivity index (χ3n) is 5.69. The average Bonchev–Trinajstić information content (AvgIpc) is 3.52. The molecule has 2 heterocycles. The predicted molar refractivity (Wildman–Crippen MR) is 125 cm³/mol. The molecule has 4 rings (SSSR count). The summed E-state index contributed by atoms with van der Waals surface area (Å²) in [6.45, 7) is 7.55. The van der Waals surface area contributed by atoms with Gasteiger partial charge in [0, 0.05) is 18.2 Å². The van der Waals surface area contributed by atoms with Crippen molar-refractivity contribution in [3.63, 3.8) is 0 Å². The number of nitrogens with zero attached hydrogens (tertiary/aromatic N) is 2. The molecular formula is C26H31N3O3. The van der Waals surface area contributed by atoms with Gasteiger partial charge in [-0.1, -0.05) is 49.3 Å². The fourth-order valence-corrected chi connectivity index (χ4v) is 3.96. The molecule has 1 saturated heterocycles. The van der Waals surface area contributed by atoms with Gasteiger partial charge in [-0.25, -0.2) is 0 Å². The molecule has 1 N–H and O–H groups in total. The molecule has 0 saturated carbocycles. The first kappa shape index (κ1) is 22.1. The number of carbonyl (C=O) groups is 1. The van der Waals surface area contributed by atoms with E-state index in [1.165, 1.54) is 18.4 Å². The lowest BCUT2D eigenvalue weighted by molar-refractivity contribution is 0.0929. The van der Waals surface area contributed by atoms with Gasteiger partial charge in [0.15, 0.2) is 11.5 Å². The third kappa shape index (κ3) is 5.56. The number of carbonyl (C=O) groups excluding carboxylic acids is 1. The topological polar surface area (TPSA) is 67.6 Å². The Morgan fingerprint density at radius 2 is 1.81 bits per heavy atom. The largest absolute Gasteiger partial charge is 0.493 e. The van der Waals surface area contributed by atoms with Crippen LogP contribution in [0.2, 0.25) is 0 Å². The summed E-state index contributed by atoms with van der Waals surface area (Å²) in [6, 6.07) is 19.8. The standard InChI is InChI=1S/C26H31N3O3/c1-19(2)18-31-22-12-10-21(11-13-22)25-16-23(28-32-25)26(30)27-17-24(29-14-6-7-15-29)20-8-4-3-5-9-20/h3-5,8-13,16,19,24H,6-7,14-15,17-18H2,1-2H3,(H,27,30). The van der Waals surface area contributed by atoms with Crippen molar-refractivity contribution in [2.75, 3.05) is 26.2 Å². The first-order valence-electron chi connectivity index (χ1n) is 11.4. The highest BCUT2D eigenvalue weighted by atomic mass is 16.5. The summed E-state index contributed by atoms with van der Waals surface area (Å²) in [5.41, 5.74) is 2.36. The number of amides is 1. The van der Waals surface area contributed by atoms with Gasteiger partial charge in [-0.15, -0.1) is 0 Å². The third-order valence-corrected chi connectivity index (χ3v) is 5.69. The van der Waals surface area contributed by atoms with E-state index in [4.69, 9.17) is 9.26 Å². The average molecular weight is 434 g/mol. The molecule has 0 radical (unpaired) electrons. The van der Waals surface area contributed by atoms with Gasteiger partial charge in [-0.3, -0.25) is 9.69 Å². The second-order valence-electron chi connectivity index (χ2n) is 8.69. The van der Waals surface area contributed by atoms with E-state index in [0.29, 0.717) is 24.8 Å². The second kappa shape index (κ2) is 10.5. The SMILES string of the molecule is CC(C)COc1ccc(-c2cc(C(=O)NCC(c3ccccc3)N3CCCC3)no2)cc1. The Bertz CT molecular complexity index is 993. The van der Waals surface area contributed by atoms with Crippen molar-refractivity contribution in [1.29, 1.82) is 0 Å². The molecule has 3 aromatic rings. The van der Waals surface area contributed by atoms with Gasteiger partial charge in [0.05, 0.1) is 12.6 Å². The van der Waals surface area contributed by atoms with Crippen LogP contribution in [-0.4, -0.2) is 42.2 Å². The first-order valence-corrected chi connectivity index (χ1v) is 11.4. The molecule has 32 heavy (non-hydrogen) atoms. The van der Waals surface area contributed by atoms with Gasteiger partial charge in [0.2, 0.25) is 0 Å². The zero-order valence-electron chi connectivity index (χ0n) is 18.8. The molecule has 1 aliphatic rings. The van der Waals surface area contributed by atoms with E-state index in [9.17, 15) is 4.79 Å². The fourth-order valence-electron chi connectivity index (χ4n) is 3.96. The summed E-state index contributed by atoms with van der Waals surface area (Å²) in [5.74, 6) is 1.62. The second-order valence-corrected chi connectivity index (χ2v) is 8.69. The Morgan fingerprint density at radius 3 is 2.50 bits per heavy atom. The van der Waals surface area contributed by atoms with Gasteiger partial charge < -0.3 is 14.6 Å². The van der Waals surface area contributed by atoms with Crippen LogP contribution in [0.25, 0.3) is 11.3 Å². The minimum Gasteiger partial charge on any atom is -0.493 e. The summed E-state index contributed by atoms with van der Waals surface area (Å²) < 4.78 is 11.2. The number of ether oxygens (including phenoxy) is 1. The van der Waals surface area contributed by atoms with E-state index in [1.54, 1.807) is 6.07 Å². The molecule has 1 aromatic heterocycles. The van der Waals surface area contributed by atoms with Crippen molar-refractivity contribution in [2.24, 2.45) is 5.92 Å². The Hall–Kier alpha value is -3.12. The molecule has 2 aromatic carbocycles. The maximum atomic E-state index is 12.8. The summed E-state index contributed by atoms with van der Waals surface area (Å²) >= 11 is 0. The van der Waals surface area contributed by atoms with Crippen LogP contribution in [0.5, 0.6) is 5.75 Å². The maximum absolute atomic E-state index is 12.8. The number of rotatable bonds is 9. The molecule has 1 aliphatic heterocycles. The summed E-state index contributed by atoms with van der Waals surface area (Å²) in [7, 11) is 0. The van der Waals surface area contributed by atoms with Crippen molar-refractivity contribution < 1.29 is 14.1 Å². The van der Waals surface area contributed by atoms with E-state index in [0.717, 1.165) is 24.4 Å². The highest BCUT2D eigenvalue weighted by molar-refractivity contribution is 5.93. The van der Waals surface area contributed by atoms with Gasteiger partial charge in [-0.05, 0) is 61.7 Å². The maximum Gasteiger partial charge on any atom is 0.273 e. The van der Waals surface area contributed by atoms with Gasteiger partial charge in [-0.2, -0.15) is 0 Å². The Balaban J connectivity index is 1.39. The molecule has 6 nitrogen and oxygen atoms in total. The predicted octanol–water partition coefficient (Wildman–Crippen LogP) is 4.94. The van der Waals surface area contributed by atoms with E-state index in [2.05, 4.69) is 41.4 Å². The number of nitrogens with one attached hydrogen (secondary N) is 1. The lowest BCUT2D eigenvalue weighted by atomic mass is 10.1. The number of hydrogen-bond acceptors (Lipinski definition) is 5. The smallest absolute Gasteiger partial charge is 0.273 e. The zero-order chi connectivity index (χ0) is 22.3. The lowest BCUT2D eigenvalue weighted by Gasteiger charge is -2.28. The van der Waals surface area contributed by atoms with Crippen LogP contribution in [0.4, 0.5) is 0 Å². The number of hydrogen-bond donors (Lipinski definition) is 1. The summed E-state index contributed by atoms with van der Waals surface area (Å²) in [5, 5.41) is 7.04. The number of benzene rings is 2. The fraction of sp³-hybridized carbons (Fsp3) is 0.385. The summed E-state index contributed by atoms with van der Waals surface area (Å²) in [6.07, 6.45) is 2.40. The molecule has 0 aliphatic carbocycles. The van der Waals surface area contributed by atoms with Gasteiger partial charge in [0.1, 0.15) is 5.75 Å². The highest BCUT2D eigenvalue weighted by Crippen LogP contribution is 2.26. The Kier molecular flexibility index (Phi) is 7.22. The summed E-state index contributed by atoms with van der Waals surface area (Å²) in [4.78, 5) is 15.2. The normalized spacial score (nSPS) is 15.1. The molecule has 0 bridgehead atoms. The van der Waals surface area contributed by atoms with E-state index in [1.807, 2.05) is 42.5 Å². The van der Waals surface area contributed by atoms with Crippen LogP contribution in [0.3, 0.4) is 0 Å². The van der Waals surface area contributed by atoms with Crippen LogP contribution in [0, 0.1) is 5.92 Å². The Morgan fingerprint density at radius 1 is 1.09 bits per heavy atom. The van der Waals surface area contributed by atoms with Crippen LogP contribution in [0.15, 0.2) is 65.2 Å². The van der Waals surface area contributed by atoms with E-state index in [-0.39, 0.29) is 17.6 Å². The van der Waals surface area contributed by atoms with Crippen molar-refractivity contribution in [2.45, 2.75) is 32.7 Å². The van der Waals surface area contributed by atoms with Crippen LogP contribution in [-0.2, 0) is 0 Å². The minimum atomic E-state index is -0.225. The molecule has 1 unspecified atom stereocenters. The van der Waals surface area contributed by atoms with E-state index >= 15 is 0 Å². The minimum absolute atomic E-state index is 0.160. The molecule has 168 valence electrons. The molecular weight excluding hydrogens is 402 g/mol. The quantitative estimate of drug-likeness (QED) is 0.518. The molecule has 1 amide bonds. The van der Waals surface area contributed by atoms with Crippen LogP contribution in [0.1, 0.15) is 48.8 Å². The van der Waals surface area contributed by atoms with Crippen LogP contribution < -0.4 is 10.1 Å². The van der Waals surface area contributed by atoms with Crippen molar-refractivity contribution >= 4 is 5.91 Å². The molecule has 0 spiro atoms. The first-order chi connectivity index (χ1) is 15.6. The highest BCUT2D eigenvalue weighted by Gasteiger charge is 2.24. The Labute approximate surface area is 189 Å². The van der Waals surface area contributed by atoms with Gasteiger partial charge in [0.25, 0.3) is 5.91 Å². The van der Waals surface area contributed by atoms with Crippen molar-refractivity contribution in [3.8, 4) is 17.1 Å². The molecule has 6 heteroatoms. The van der Waals surface area contributed by atoms with Crippen molar-refractivity contribution in [3.05, 3.63) is 71.9 Å². The molecule has 1 fully saturated rings. The van der Waals surface area contributed by atoms with Gasteiger partial charge >= 0.3 is 0 Å². The molecule has 1 atom stereocenters. The monoisotopic (exact) mass is 433 g/mol. The lowest BCUT2D eigenvalue weighted by Crippen LogP contribution is -2.36. The van der Waals surface area contributed by atoms with E-state index < -0.39 is 0 Å². The zero-order valence-corrected chi connectivity index (χ0v) is 18.8. The van der Waals surface area contributed by atoms with Crippen LogP contribution >= 0.6 is 0 Å². The number of aromatic nitrogens is 1. The number of likely N-dealkylation sites (tertiary alicyclic amines) is 1. The van der Waals surface area contributed by atoms with Crippen molar-refractivity contribution in [1.82, 2.24) is 15.4 Å².